The molecule has 0 aromatic rings. The van der Waals surface area contributed by atoms with E-state index < -0.39 is 13.9 Å². The smallest absolute Gasteiger partial charge is 0.457 e. The van der Waals surface area contributed by atoms with Crippen molar-refractivity contribution in [1.82, 2.24) is 0 Å². The molecule has 0 aromatic heterocycles. The predicted octanol–water partition coefficient (Wildman–Crippen LogP) is 14.6. The summed E-state index contributed by atoms with van der Waals surface area (Å²) in [6.07, 6.45) is 62.9. The van der Waals surface area contributed by atoms with E-state index >= 15 is 0 Å². The van der Waals surface area contributed by atoms with Crippen molar-refractivity contribution >= 4 is 13.8 Å². The minimum absolute atomic E-state index is 0.0884. The highest BCUT2D eigenvalue weighted by Crippen LogP contribution is 2.43. The molecule has 0 bridgehead atoms. The molecular weight excluding hydrogens is 770 g/mol. The van der Waals surface area contributed by atoms with Gasteiger partial charge >= 0.3 is 13.8 Å². The summed E-state index contributed by atoms with van der Waals surface area (Å²) < 4.78 is 33.5. The Morgan fingerprint density at radius 1 is 0.517 bits per heavy atom. The maximum Gasteiger partial charge on any atom is 0.472 e. The van der Waals surface area contributed by atoms with Gasteiger partial charge in [0.15, 0.2) is 0 Å². The van der Waals surface area contributed by atoms with Crippen molar-refractivity contribution in [2.75, 3.05) is 33.0 Å². The number of rotatable bonds is 44. The van der Waals surface area contributed by atoms with Gasteiger partial charge in [-0.05, 0) is 96.3 Å². The van der Waals surface area contributed by atoms with Gasteiger partial charge in [0, 0.05) is 19.6 Å². The van der Waals surface area contributed by atoms with Crippen LogP contribution in [-0.4, -0.2) is 49.9 Å². The molecule has 0 spiro atoms. The van der Waals surface area contributed by atoms with Gasteiger partial charge < -0.3 is 20.1 Å². The zero-order chi connectivity index (χ0) is 43.7. The predicted molar refractivity (Wildman–Crippen MR) is 256 cm³/mol. The van der Waals surface area contributed by atoms with Gasteiger partial charge in [-0.25, -0.2) is 4.57 Å². The highest BCUT2D eigenvalue weighted by atomic mass is 31.2. The number of phosphoric acid groups is 1. The molecule has 8 nitrogen and oxygen atoms in total. The summed E-state index contributed by atoms with van der Waals surface area (Å²) >= 11 is 0. The van der Waals surface area contributed by atoms with Crippen molar-refractivity contribution in [3.63, 3.8) is 0 Å². The number of unbranched alkanes of at least 4 members (excludes halogenated alkanes) is 15. The van der Waals surface area contributed by atoms with Crippen molar-refractivity contribution in [2.24, 2.45) is 5.73 Å². The quantitative estimate of drug-likeness (QED) is 0.0269. The number of nitrogens with two attached hydrogens (primary N) is 1. The Morgan fingerprint density at radius 3 is 1.42 bits per heavy atom. The van der Waals surface area contributed by atoms with E-state index in [2.05, 4.69) is 111 Å². The monoisotopic (exact) mass is 858 g/mol. The standard InChI is InChI=1S/C51H88NO7P/c1-3-5-7-9-11-13-15-17-19-21-22-23-24-25-26-27-28-29-30-32-34-36-38-40-42-44-51(53)59-50(49-58-60(54,55)57-47-45-52)48-56-46-43-41-39-37-35-33-31-20-18-16-14-12-10-8-6-4-2/h5,7,11,13,17-20,22-23,25-26,28-29,32,34,50H,3-4,6,8-10,12,14-16,21,24,27,30-31,33,35-49,52H2,1-2H3,(H,54,55)/b7-5-,13-11-,19-17-,20-18-,23-22-,26-25-,29-28-,34-32-. The van der Waals surface area contributed by atoms with Gasteiger partial charge in [-0.3, -0.25) is 13.8 Å². The first-order valence-corrected chi connectivity index (χ1v) is 25.2. The Morgan fingerprint density at radius 2 is 0.933 bits per heavy atom. The molecule has 0 amide bonds. The zero-order valence-corrected chi connectivity index (χ0v) is 39.1. The van der Waals surface area contributed by atoms with Gasteiger partial charge in [0.25, 0.3) is 0 Å². The van der Waals surface area contributed by atoms with E-state index in [0.29, 0.717) is 13.0 Å². The number of carbonyl (C=O) groups excluding carboxylic acids is 1. The summed E-state index contributed by atoms with van der Waals surface area (Å²) in [6, 6.07) is 0. The molecule has 0 aliphatic heterocycles. The highest BCUT2D eigenvalue weighted by molar-refractivity contribution is 7.47. The van der Waals surface area contributed by atoms with Crippen LogP contribution in [0.1, 0.15) is 181 Å². The Bertz CT molecular complexity index is 1240. The van der Waals surface area contributed by atoms with Crippen molar-refractivity contribution in [3.8, 4) is 0 Å². The fourth-order valence-corrected chi connectivity index (χ4v) is 6.79. The zero-order valence-electron chi connectivity index (χ0n) is 38.2. The second-order valence-electron chi connectivity index (χ2n) is 15.2. The van der Waals surface area contributed by atoms with Gasteiger partial charge in [-0.15, -0.1) is 0 Å². The van der Waals surface area contributed by atoms with Gasteiger partial charge in [0.1, 0.15) is 6.10 Å². The minimum Gasteiger partial charge on any atom is -0.457 e. The lowest BCUT2D eigenvalue weighted by atomic mass is 10.1. The maximum absolute atomic E-state index is 12.6. The summed E-state index contributed by atoms with van der Waals surface area (Å²) in [4.78, 5) is 22.5. The molecule has 0 radical (unpaired) electrons. The van der Waals surface area contributed by atoms with Crippen LogP contribution in [0.15, 0.2) is 97.2 Å². The van der Waals surface area contributed by atoms with E-state index in [1.807, 2.05) is 0 Å². The second kappa shape index (κ2) is 47.5. The van der Waals surface area contributed by atoms with Gasteiger partial charge in [0.2, 0.25) is 0 Å². The molecule has 3 N–H and O–H groups in total. The van der Waals surface area contributed by atoms with Crippen molar-refractivity contribution in [3.05, 3.63) is 97.2 Å². The number of allylic oxidation sites excluding steroid dienone is 16. The van der Waals surface area contributed by atoms with Crippen LogP contribution in [0.5, 0.6) is 0 Å². The fourth-order valence-electron chi connectivity index (χ4n) is 6.03. The summed E-state index contributed by atoms with van der Waals surface area (Å²) in [6.45, 7) is 4.72. The van der Waals surface area contributed by atoms with Crippen molar-refractivity contribution in [1.29, 1.82) is 0 Å². The summed E-state index contributed by atoms with van der Waals surface area (Å²) in [5.41, 5.74) is 5.37. The van der Waals surface area contributed by atoms with Crippen LogP contribution in [0, 0.1) is 0 Å². The number of hydrogen-bond donors (Lipinski definition) is 2. The molecule has 9 heteroatoms. The molecule has 60 heavy (non-hydrogen) atoms. The van der Waals surface area contributed by atoms with Gasteiger partial charge in [-0.2, -0.15) is 0 Å². The van der Waals surface area contributed by atoms with Gasteiger partial charge in [-0.1, -0.05) is 175 Å². The highest BCUT2D eigenvalue weighted by Gasteiger charge is 2.25. The van der Waals surface area contributed by atoms with E-state index in [0.717, 1.165) is 83.5 Å². The van der Waals surface area contributed by atoms with Crippen LogP contribution in [0.25, 0.3) is 0 Å². The van der Waals surface area contributed by atoms with E-state index in [9.17, 15) is 14.3 Å². The average molecular weight is 858 g/mol. The molecular formula is C51H88NO7P. The SMILES string of the molecule is CC/C=C\C/C=C\C/C=C\C/C=C\C/C=C\C/C=C\C/C=C\CCCCCC(=O)OC(COCCCCCCCC/C=C\CCCCCCCC)COP(=O)(O)OCCN. The third kappa shape index (κ3) is 46.5. The summed E-state index contributed by atoms with van der Waals surface area (Å²) in [5, 5.41) is 0. The molecule has 0 aromatic carbocycles. The lowest BCUT2D eigenvalue weighted by molar-refractivity contribution is -0.154. The number of ether oxygens (including phenoxy) is 2. The maximum atomic E-state index is 12.6. The first kappa shape index (κ1) is 57.4. The van der Waals surface area contributed by atoms with Crippen molar-refractivity contribution in [2.45, 2.75) is 187 Å². The third-order valence-electron chi connectivity index (χ3n) is 9.49. The lowest BCUT2D eigenvalue weighted by Crippen LogP contribution is -2.28. The molecule has 2 unspecified atom stereocenters. The Balaban J connectivity index is 4.11. The third-order valence-corrected chi connectivity index (χ3v) is 10.5. The lowest BCUT2D eigenvalue weighted by Gasteiger charge is -2.20. The normalized spacial score (nSPS) is 14.3. The van der Waals surface area contributed by atoms with Crippen molar-refractivity contribution < 1.29 is 32.8 Å². The molecule has 0 fully saturated rings. The van der Waals surface area contributed by atoms with E-state index in [-0.39, 0.29) is 38.8 Å². The first-order valence-electron chi connectivity index (χ1n) is 23.7. The average Bonchev–Trinajstić information content (AvgIpc) is 3.24. The van der Waals surface area contributed by atoms with Crippen LogP contribution in [0.3, 0.4) is 0 Å². The second-order valence-corrected chi connectivity index (χ2v) is 16.7. The van der Waals surface area contributed by atoms with Crippen LogP contribution in [0.2, 0.25) is 0 Å². The molecule has 344 valence electrons. The summed E-state index contributed by atoms with van der Waals surface area (Å²) in [7, 11) is -4.30. The number of carbonyl (C=O) groups is 1. The van der Waals surface area contributed by atoms with Crippen LogP contribution in [0.4, 0.5) is 0 Å². The molecule has 0 rings (SSSR count). The first-order chi connectivity index (χ1) is 29.4. The largest absolute Gasteiger partial charge is 0.472 e. The molecule has 0 saturated heterocycles. The fraction of sp³-hybridized carbons (Fsp3) is 0.667. The Labute approximate surface area is 368 Å². The van der Waals surface area contributed by atoms with Crippen LogP contribution in [-0.2, 0) is 27.9 Å². The molecule has 0 aliphatic rings. The minimum atomic E-state index is -4.30. The number of phosphoric ester groups is 1. The number of hydrogen-bond acceptors (Lipinski definition) is 7. The van der Waals surface area contributed by atoms with E-state index in [4.69, 9.17) is 24.3 Å². The van der Waals surface area contributed by atoms with E-state index in [1.54, 1.807) is 0 Å². The molecule has 0 heterocycles. The topological polar surface area (TPSA) is 117 Å². The van der Waals surface area contributed by atoms with Crippen LogP contribution < -0.4 is 5.73 Å². The Hall–Kier alpha value is -2.58. The summed E-state index contributed by atoms with van der Waals surface area (Å²) in [5.74, 6) is -0.367. The van der Waals surface area contributed by atoms with Gasteiger partial charge in [0.05, 0.1) is 19.8 Å². The van der Waals surface area contributed by atoms with E-state index in [1.165, 1.54) is 70.6 Å². The Kier molecular flexibility index (Phi) is 45.4. The molecule has 0 aliphatic carbocycles. The number of esters is 1. The molecule has 0 saturated carbocycles. The van der Waals surface area contributed by atoms with Crippen LogP contribution >= 0.6 is 7.82 Å². The molecule has 2 atom stereocenters.